The molecule has 2 aromatic carbocycles. The third kappa shape index (κ3) is 3.69. The summed E-state index contributed by atoms with van der Waals surface area (Å²) in [5, 5.41) is 2.32. The molecule has 0 aliphatic heterocycles. The van der Waals surface area contributed by atoms with Crippen LogP contribution in [-0.4, -0.2) is 18.0 Å². The fraction of sp³-hybridized carbons (Fsp3) is 0.176. The van der Waals surface area contributed by atoms with Gasteiger partial charge < -0.3 is 0 Å². The van der Waals surface area contributed by atoms with E-state index in [-0.39, 0.29) is 11.6 Å². The van der Waals surface area contributed by atoms with Crippen molar-refractivity contribution in [2.75, 3.05) is 4.90 Å². The lowest BCUT2D eigenvalue weighted by Crippen LogP contribution is -2.46. The summed E-state index contributed by atoms with van der Waals surface area (Å²) in [6, 6.07) is 13.5. The highest BCUT2D eigenvalue weighted by Gasteiger charge is 2.21. The zero-order valence-electron chi connectivity index (χ0n) is 12.4. The number of hydrogen-bond acceptors (Lipinski definition) is 2. The molecule has 2 rings (SSSR count). The second kappa shape index (κ2) is 6.85. The monoisotopic (exact) mass is 300 g/mol. The first-order valence-corrected chi connectivity index (χ1v) is 6.94. The van der Waals surface area contributed by atoms with Gasteiger partial charge in [-0.2, -0.15) is 0 Å². The number of hydrogen-bond donors (Lipinski definition) is 1. The Morgan fingerprint density at radius 2 is 1.59 bits per heavy atom. The minimum absolute atomic E-state index is 0.122. The standard InChI is InChI=1S/C17H17FN2O2/c1-12(2)20(15-6-4-3-5-7-15)17(22)19-16(21)13-8-10-14(18)11-9-13/h3-12H,1-2H3,(H,19,21,22). The Morgan fingerprint density at radius 1 is 1.00 bits per heavy atom. The third-order valence-corrected chi connectivity index (χ3v) is 3.10. The summed E-state index contributed by atoms with van der Waals surface area (Å²) < 4.78 is 12.9. The van der Waals surface area contributed by atoms with Gasteiger partial charge in [0.1, 0.15) is 5.82 Å². The number of rotatable bonds is 3. The summed E-state index contributed by atoms with van der Waals surface area (Å²) >= 11 is 0. The van der Waals surface area contributed by atoms with E-state index in [4.69, 9.17) is 0 Å². The van der Waals surface area contributed by atoms with Crippen molar-refractivity contribution in [3.63, 3.8) is 0 Å². The number of para-hydroxylation sites is 1. The fourth-order valence-electron chi connectivity index (χ4n) is 2.07. The fourth-order valence-corrected chi connectivity index (χ4v) is 2.07. The third-order valence-electron chi connectivity index (χ3n) is 3.10. The normalized spacial score (nSPS) is 10.4. The Kier molecular flexibility index (Phi) is 4.88. The number of amides is 3. The van der Waals surface area contributed by atoms with E-state index in [2.05, 4.69) is 5.32 Å². The van der Waals surface area contributed by atoms with Crippen molar-refractivity contribution in [1.29, 1.82) is 0 Å². The Bertz CT molecular complexity index is 654. The first-order chi connectivity index (χ1) is 10.5. The first-order valence-electron chi connectivity index (χ1n) is 6.94. The molecule has 0 radical (unpaired) electrons. The Balaban J connectivity index is 2.15. The predicted molar refractivity (Wildman–Crippen MR) is 83.3 cm³/mol. The van der Waals surface area contributed by atoms with Gasteiger partial charge in [0.15, 0.2) is 0 Å². The molecule has 0 aliphatic rings. The average molecular weight is 300 g/mol. The van der Waals surface area contributed by atoms with Crippen LogP contribution in [-0.2, 0) is 0 Å². The molecule has 114 valence electrons. The highest BCUT2D eigenvalue weighted by Crippen LogP contribution is 2.16. The van der Waals surface area contributed by atoms with Crippen molar-refractivity contribution < 1.29 is 14.0 Å². The van der Waals surface area contributed by atoms with Crippen LogP contribution in [0.25, 0.3) is 0 Å². The predicted octanol–water partition coefficient (Wildman–Crippen LogP) is 3.59. The van der Waals surface area contributed by atoms with Gasteiger partial charge in [0, 0.05) is 17.3 Å². The molecule has 5 heteroatoms. The number of benzene rings is 2. The van der Waals surface area contributed by atoms with E-state index in [9.17, 15) is 14.0 Å². The molecule has 0 aliphatic carbocycles. The molecule has 0 atom stereocenters. The number of nitrogens with one attached hydrogen (secondary N) is 1. The highest BCUT2D eigenvalue weighted by molar-refractivity contribution is 6.09. The summed E-state index contributed by atoms with van der Waals surface area (Å²) in [5.74, 6) is -0.998. The molecule has 0 heterocycles. The van der Waals surface area contributed by atoms with Gasteiger partial charge in [-0.1, -0.05) is 18.2 Å². The number of anilines is 1. The zero-order chi connectivity index (χ0) is 16.1. The maximum atomic E-state index is 12.9. The van der Waals surface area contributed by atoms with E-state index >= 15 is 0 Å². The second-order valence-electron chi connectivity index (χ2n) is 5.07. The Hall–Kier alpha value is -2.69. The SMILES string of the molecule is CC(C)N(C(=O)NC(=O)c1ccc(F)cc1)c1ccccc1. The van der Waals surface area contributed by atoms with Crippen LogP contribution in [0.1, 0.15) is 24.2 Å². The van der Waals surface area contributed by atoms with E-state index in [0.29, 0.717) is 5.69 Å². The molecule has 0 unspecified atom stereocenters. The lowest BCUT2D eigenvalue weighted by molar-refractivity contribution is 0.0965. The molecule has 0 spiro atoms. The van der Waals surface area contributed by atoms with Gasteiger partial charge in [-0.05, 0) is 50.2 Å². The van der Waals surface area contributed by atoms with Gasteiger partial charge in [0.2, 0.25) is 0 Å². The molecule has 0 bridgehead atoms. The molecule has 3 amide bonds. The van der Waals surface area contributed by atoms with E-state index in [1.165, 1.54) is 29.2 Å². The maximum Gasteiger partial charge on any atom is 0.329 e. The van der Waals surface area contributed by atoms with E-state index < -0.39 is 17.8 Å². The molecule has 0 saturated carbocycles. The minimum atomic E-state index is -0.563. The number of urea groups is 1. The van der Waals surface area contributed by atoms with Gasteiger partial charge in [0.05, 0.1) is 0 Å². The van der Waals surface area contributed by atoms with Crippen LogP contribution < -0.4 is 10.2 Å². The minimum Gasteiger partial charge on any atom is -0.292 e. The van der Waals surface area contributed by atoms with Gasteiger partial charge in [-0.15, -0.1) is 0 Å². The van der Waals surface area contributed by atoms with Crippen LogP contribution in [0.3, 0.4) is 0 Å². The van der Waals surface area contributed by atoms with Crippen LogP contribution in [0.15, 0.2) is 54.6 Å². The van der Waals surface area contributed by atoms with Gasteiger partial charge in [0.25, 0.3) is 5.91 Å². The zero-order valence-corrected chi connectivity index (χ0v) is 12.4. The van der Waals surface area contributed by atoms with Crippen LogP contribution >= 0.6 is 0 Å². The topological polar surface area (TPSA) is 49.4 Å². The molecular formula is C17H17FN2O2. The summed E-state index contributed by atoms with van der Waals surface area (Å²) in [7, 11) is 0. The van der Waals surface area contributed by atoms with Crippen molar-refractivity contribution in [1.82, 2.24) is 5.32 Å². The number of carbonyl (C=O) groups excluding carboxylic acids is 2. The number of halogens is 1. The van der Waals surface area contributed by atoms with Crippen LogP contribution in [0, 0.1) is 5.82 Å². The molecule has 2 aromatic rings. The summed E-state index contributed by atoms with van der Waals surface area (Å²) in [5.41, 5.74) is 0.924. The molecule has 22 heavy (non-hydrogen) atoms. The van der Waals surface area contributed by atoms with E-state index in [1.807, 2.05) is 32.0 Å². The summed E-state index contributed by atoms with van der Waals surface area (Å²) in [6.07, 6.45) is 0. The van der Waals surface area contributed by atoms with E-state index in [0.717, 1.165) is 0 Å². The van der Waals surface area contributed by atoms with Crippen molar-refractivity contribution in [3.8, 4) is 0 Å². The van der Waals surface area contributed by atoms with Crippen LogP contribution in [0.2, 0.25) is 0 Å². The molecule has 1 N–H and O–H groups in total. The first kappa shape index (κ1) is 15.7. The number of nitrogens with zero attached hydrogens (tertiary/aromatic N) is 1. The number of carbonyl (C=O) groups is 2. The molecule has 0 fully saturated rings. The van der Waals surface area contributed by atoms with E-state index in [1.54, 1.807) is 12.1 Å². The number of imide groups is 1. The average Bonchev–Trinajstić information content (AvgIpc) is 2.48. The highest BCUT2D eigenvalue weighted by atomic mass is 19.1. The summed E-state index contributed by atoms with van der Waals surface area (Å²) in [4.78, 5) is 25.9. The molecular weight excluding hydrogens is 283 g/mol. The second-order valence-corrected chi connectivity index (χ2v) is 5.07. The van der Waals surface area contributed by atoms with Gasteiger partial charge in [-0.3, -0.25) is 15.0 Å². The lowest BCUT2D eigenvalue weighted by atomic mass is 10.2. The quantitative estimate of drug-likeness (QED) is 0.941. The molecule has 4 nitrogen and oxygen atoms in total. The smallest absolute Gasteiger partial charge is 0.292 e. The largest absolute Gasteiger partial charge is 0.329 e. The van der Waals surface area contributed by atoms with Crippen LogP contribution in [0.5, 0.6) is 0 Å². The van der Waals surface area contributed by atoms with Crippen LogP contribution in [0.4, 0.5) is 14.9 Å². The molecule has 0 aromatic heterocycles. The van der Waals surface area contributed by atoms with Crippen molar-refractivity contribution in [3.05, 3.63) is 66.0 Å². The summed E-state index contributed by atoms with van der Waals surface area (Å²) in [6.45, 7) is 3.71. The van der Waals surface area contributed by atoms with Crippen molar-refractivity contribution in [2.45, 2.75) is 19.9 Å². The lowest BCUT2D eigenvalue weighted by Gasteiger charge is -2.26. The Labute approximate surface area is 128 Å². The van der Waals surface area contributed by atoms with Crippen molar-refractivity contribution in [2.24, 2.45) is 0 Å². The molecule has 0 saturated heterocycles. The maximum absolute atomic E-state index is 12.9. The van der Waals surface area contributed by atoms with Gasteiger partial charge >= 0.3 is 6.03 Å². The van der Waals surface area contributed by atoms with Crippen molar-refractivity contribution >= 4 is 17.6 Å². The van der Waals surface area contributed by atoms with Gasteiger partial charge in [-0.25, -0.2) is 9.18 Å². The Morgan fingerprint density at radius 3 is 2.14 bits per heavy atom.